The first kappa shape index (κ1) is 12.6. The molecule has 0 atom stereocenters. The molecule has 17 heavy (non-hydrogen) atoms. The summed E-state index contributed by atoms with van der Waals surface area (Å²) in [6.07, 6.45) is 4.69. The molecule has 1 aliphatic rings. The summed E-state index contributed by atoms with van der Waals surface area (Å²) in [5.41, 5.74) is 1.39. The van der Waals surface area contributed by atoms with Crippen molar-refractivity contribution in [2.45, 2.75) is 38.0 Å². The van der Waals surface area contributed by atoms with Gasteiger partial charge >= 0.3 is 5.97 Å². The Hall–Kier alpha value is -0.830. The summed E-state index contributed by atoms with van der Waals surface area (Å²) in [5, 5.41) is 8.77. The molecular formula is C14H17BrO2. The lowest BCUT2D eigenvalue weighted by atomic mass is 9.77. The van der Waals surface area contributed by atoms with E-state index in [0.717, 1.165) is 30.2 Å². The zero-order valence-corrected chi connectivity index (χ0v) is 11.3. The molecule has 0 radical (unpaired) electrons. The largest absolute Gasteiger partial charge is 0.481 e. The van der Waals surface area contributed by atoms with Crippen LogP contribution in [0.2, 0.25) is 0 Å². The third-order valence-electron chi connectivity index (χ3n) is 3.65. The first-order valence-electron chi connectivity index (χ1n) is 6.12. The molecule has 0 heterocycles. The Bertz CT molecular complexity index is 378. The Labute approximate surface area is 110 Å². The number of carboxylic acids is 1. The molecule has 1 fully saturated rings. The van der Waals surface area contributed by atoms with Gasteiger partial charge in [0.25, 0.3) is 0 Å². The Morgan fingerprint density at radius 3 is 2.29 bits per heavy atom. The minimum Gasteiger partial charge on any atom is -0.481 e. The molecule has 0 unspecified atom stereocenters. The van der Waals surface area contributed by atoms with E-state index in [9.17, 15) is 4.79 Å². The second-order valence-corrected chi connectivity index (χ2v) is 5.78. The van der Waals surface area contributed by atoms with Gasteiger partial charge in [-0.15, -0.1) is 0 Å². The van der Waals surface area contributed by atoms with Crippen molar-refractivity contribution in [2.75, 3.05) is 0 Å². The van der Waals surface area contributed by atoms with E-state index in [4.69, 9.17) is 5.11 Å². The van der Waals surface area contributed by atoms with Crippen LogP contribution in [0, 0.1) is 5.92 Å². The summed E-state index contributed by atoms with van der Waals surface area (Å²) in [5.74, 6) is 0.351. The van der Waals surface area contributed by atoms with Gasteiger partial charge in [-0.05, 0) is 55.2 Å². The monoisotopic (exact) mass is 296 g/mol. The minimum atomic E-state index is -0.655. The van der Waals surface area contributed by atoms with E-state index in [1.807, 2.05) is 0 Å². The number of hydrogen-bond donors (Lipinski definition) is 1. The molecule has 3 heteroatoms. The van der Waals surface area contributed by atoms with Crippen LogP contribution in [0.25, 0.3) is 0 Å². The van der Waals surface area contributed by atoms with Crippen molar-refractivity contribution in [1.82, 2.24) is 0 Å². The van der Waals surface area contributed by atoms with Crippen LogP contribution in [0.3, 0.4) is 0 Å². The summed E-state index contributed by atoms with van der Waals surface area (Å²) in [6.45, 7) is 0. The Morgan fingerprint density at radius 2 is 1.76 bits per heavy atom. The summed E-state index contributed by atoms with van der Waals surface area (Å²) in [7, 11) is 0. The van der Waals surface area contributed by atoms with E-state index in [1.54, 1.807) is 0 Å². The van der Waals surface area contributed by atoms with Gasteiger partial charge in [0.2, 0.25) is 0 Å². The van der Waals surface area contributed by atoms with Crippen LogP contribution in [0.15, 0.2) is 28.7 Å². The molecule has 0 aromatic heterocycles. The minimum absolute atomic E-state index is 0.340. The predicted octanol–water partition coefficient (Wildman–Crippen LogP) is 4.20. The fraction of sp³-hybridized carbons (Fsp3) is 0.500. The smallest absolute Gasteiger partial charge is 0.303 e. The van der Waals surface area contributed by atoms with E-state index < -0.39 is 5.97 Å². The molecule has 1 aromatic carbocycles. The Balaban J connectivity index is 1.90. The van der Waals surface area contributed by atoms with E-state index in [2.05, 4.69) is 40.2 Å². The fourth-order valence-electron chi connectivity index (χ4n) is 2.68. The number of carbonyl (C=O) groups is 1. The first-order chi connectivity index (χ1) is 8.15. The molecule has 1 saturated carbocycles. The molecular weight excluding hydrogens is 280 g/mol. The Morgan fingerprint density at radius 1 is 1.18 bits per heavy atom. The number of halogens is 1. The van der Waals surface area contributed by atoms with Crippen molar-refractivity contribution in [3.05, 3.63) is 34.3 Å². The highest BCUT2D eigenvalue weighted by Gasteiger charge is 2.23. The van der Waals surface area contributed by atoms with Gasteiger partial charge < -0.3 is 5.11 Å². The van der Waals surface area contributed by atoms with Gasteiger partial charge in [0.1, 0.15) is 0 Å². The van der Waals surface area contributed by atoms with Crippen LogP contribution in [0.4, 0.5) is 0 Å². The van der Waals surface area contributed by atoms with E-state index in [0.29, 0.717) is 18.3 Å². The van der Waals surface area contributed by atoms with Gasteiger partial charge in [0.05, 0.1) is 0 Å². The summed E-state index contributed by atoms with van der Waals surface area (Å²) >= 11 is 3.44. The second-order valence-electron chi connectivity index (χ2n) is 4.87. The summed E-state index contributed by atoms with van der Waals surface area (Å²) in [6, 6.07) is 8.51. The lowest BCUT2D eigenvalue weighted by Crippen LogP contribution is -2.16. The van der Waals surface area contributed by atoms with Crippen molar-refractivity contribution in [2.24, 2.45) is 5.92 Å². The highest BCUT2D eigenvalue weighted by molar-refractivity contribution is 9.10. The Kier molecular flexibility index (Phi) is 4.21. The maximum absolute atomic E-state index is 10.7. The van der Waals surface area contributed by atoms with Gasteiger partial charge in [0, 0.05) is 10.9 Å². The number of benzene rings is 1. The number of aliphatic carboxylic acids is 1. The fourth-order valence-corrected chi connectivity index (χ4v) is 2.95. The van der Waals surface area contributed by atoms with Gasteiger partial charge in [-0.2, -0.15) is 0 Å². The third kappa shape index (κ3) is 3.56. The number of carboxylic acid groups (broad SMARTS) is 1. The lowest BCUT2D eigenvalue weighted by molar-refractivity contribution is -0.138. The topological polar surface area (TPSA) is 37.3 Å². The van der Waals surface area contributed by atoms with E-state index in [1.165, 1.54) is 5.56 Å². The number of hydrogen-bond acceptors (Lipinski definition) is 1. The highest BCUT2D eigenvalue weighted by atomic mass is 79.9. The normalized spacial score (nSPS) is 24.5. The zero-order valence-electron chi connectivity index (χ0n) is 9.73. The molecule has 1 aliphatic carbocycles. The predicted molar refractivity (Wildman–Crippen MR) is 71.1 cm³/mol. The zero-order chi connectivity index (χ0) is 12.3. The quantitative estimate of drug-likeness (QED) is 0.908. The first-order valence-corrected chi connectivity index (χ1v) is 6.91. The average Bonchev–Trinajstić information content (AvgIpc) is 2.30. The van der Waals surface area contributed by atoms with E-state index >= 15 is 0 Å². The molecule has 0 bridgehead atoms. The molecule has 0 spiro atoms. The maximum Gasteiger partial charge on any atom is 0.303 e. The molecule has 1 N–H and O–H groups in total. The van der Waals surface area contributed by atoms with Crippen molar-refractivity contribution in [1.29, 1.82) is 0 Å². The van der Waals surface area contributed by atoms with Gasteiger partial charge in [0.15, 0.2) is 0 Å². The molecule has 2 rings (SSSR count). The standard InChI is InChI=1S/C14H17BrO2/c15-13-7-5-12(6-8-13)11-3-1-10(2-4-11)9-14(16)17/h5-8,10-11H,1-4,9H2,(H,16,17)/t10-,11-. The van der Waals surface area contributed by atoms with Crippen LogP contribution in [-0.2, 0) is 4.79 Å². The summed E-state index contributed by atoms with van der Waals surface area (Å²) in [4.78, 5) is 10.7. The third-order valence-corrected chi connectivity index (χ3v) is 4.18. The van der Waals surface area contributed by atoms with Crippen LogP contribution in [-0.4, -0.2) is 11.1 Å². The lowest BCUT2D eigenvalue weighted by Gasteiger charge is -2.27. The van der Waals surface area contributed by atoms with Crippen LogP contribution < -0.4 is 0 Å². The molecule has 0 saturated heterocycles. The van der Waals surface area contributed by atoms with Crippen LogP contribution in [0.5, 0.6) is 0 Å². The van der Waals surface area contributed by atoms with Crippen molar-refractivity contribution in [3.8, 4) is 0 Å². The van der Waals surface area contributed by atoms with Gasteiger partial charge in [-0.3, -0.25) is 4.79 Å². The van der Waals surface area contributed by atoms with Crippen molar-refractivity contribution in [3.63, 3.8) is 0 Å². The highest BCUT2D eigenvalue weighted by Crippen LogP contribution is 2.37. The molecule has 92 valence electrons. The molecule has 0 aliphatic heterocycles. The average molecular weight is 297 g/mol. The van der Waals surface area contributed by atoms with Gasteiger partial charge in [-0.25, -0.2) is 0 Å². The molecule has 0 amide bonds. The van der Waals surface area contributed by atoms with Crippen LogP contribution in [0.1, 0.15) is 43.6 Å². The SMILES string of the molecule is O=C(O)C[C@H]1CC[C@H](c2ccc(Br)cc2)CC1. The summed E-state index contributed by atoms with van der Waals surface area (Å²) < 4.78 is 1.11. The van der Waals surface area contributed by atoms with Crippen LogP contribution >= 0.6 is 15.9 Å². The van der Waals surface area contributed by atoms with Crippen molar-refractivity contribution < 1.29 is 9.90 Å². The van der Waals surface area contributed by atoms with E-state index in [-0.39, 0.29) is 0 Å². The van der Waals surface area contributed by atoms with Gasteiger partial charge in [-0.1, -0.05) is 28.1 Å². The maximum atomic E-state index is 10.7. The molecule has 2 nitrogen and oxygen atoms in total. The van der Waals surface area contributed by atoms with Crippen molar-refractivity contribution >= 4 is 21.9 Å². The molecule has 1 aromatic rings. The number of rotatable bonds is 3. The second kappa shape index (κ2) is 5.67.